The molecule has 0 unspecified atom stereocenters. The van der Waals surface area contributed by atoms with Crippen molar-refractivity contribution in [2.45, 2.75) is 12.1 Å². The van der Waals surface area contributed by atoms with Crippen LogP contribution in [0.5, 0.6) is 23.0 Å². The number of aromatic amines is 1. The quantitative estimate of drug-likeness (QED) is 0.219. The molecule has 43 heavy (non-hydrogen) atoms. The Labute approximate surface area is 243 Å². The number of imidazole rings is 1. The number of aromatic hydroxyl groups is 2. The summed E-state index contributed by atoms with van der Waals surface area (Å²) in [5, 5.41) is 19.7. The molecule has 2 aromatic heterocycles. The molecule has 4 aromatic carbocycles. The molecule has 212 valence electrons. The standard InChI is InChI=1S/C20H12O5.C12H11N5O/c21-11-5-7-15-17(9-11)24-18-10-12(22)6-8-16(18)20(15)14-4-2-1-3-13(14)19(23)25-20;13-12-16-10-9(14-7-15-10)11(18)17(12)6-8-4-2-1-3-5-8/h1-10,21-22H;1-5,7H,6H2,(H2,13,16)(H,14,15). The van der Waals surface area contributed by atoms with Gasteiger partial charge < -0.3 is 30.4 Å². The van der Waals surface area contributed by atoms with Gasteiger partial charge in [-0.05, 0) is 35.9 Å². The van der Waals surface area contributed by atoms with Crippen LogP contribution in [0.15, 0.2) is 102 Å². The molecule has 5 N–H and O–H groups in total. The number of nitrogens with zero attached hydrogens (tertiary/aromatic N) is 3. The van der Waals surface area contributed by atoms with Gasteiger partial charge in [-0.15, -0.1) is 0 Å². The Bertz CT molecular complexity index is 2050. The fourth-order valence-corrected chi connectivity index (χ4v) is 5.51. The van der Waals surface area contributed by atoms with E-state index in [9.17, 15) is 19.8 Å². The van der Waals surface area contributed by atoms with Crippen LogP contribution >= 0.6 is 0 Å². The van der Waals surface area contributed by atoms with Gasteiger partial charge in [0.15, 0.2) is 16.8 Å². The van der Waals surface area contributed by atoms with E-state index in [1.165, 1.54) is 35.2 Å². The van der Waals surface area contributed by atoms with E-state index in [2.05, 4.69) is 15.0 Å². The second-order valence-electron chi connectivity index (χ2n) is 10.0. The first kappa shape index (κ1) is 25.8. The second kappa shape index (κ2) is 9.77. The molecule has 0 saturated carbocycles. The van der Waals surface area contributed by atoms with E-state index in [1.807, 2.05) is 42.5 Å². The maximum atomic E-state index is 12.5. The summed E-state index contributed by atoms with van der Waals surface area (Å²) in [5.41, 5.74) is 8.56. The Morgan fingerprint density at radius 3 is 2.19 bits per heavy atom. The lowest BCUT2D eigenvalue weighted by Gasteiger charge is -2.36. The van der Waals surface area contributed by atoms with Gasteiger partial charge in [0.1, 0.15) is 23.0 Å². The summed E-state index contributed by atoms with van der Waals surface area (Å²) in [7, 11) is 0. The molecular formula is C32H23N5O6. The molecule has 2 aliphatic rings. The van der Waals surface area contributed by atoms with Gasteiger partial charge in [0.05, 0.1) is 18.4 Å². The van der Waals surface area contributed by atoms with Gasteiger partial charge in [0.25, 0.3) is 5.56 Å². The number of phenols is 2. The maximum Gasteiger partial charge on any atom is 0.340 e. The van der Waals surface area contributed by atoms with Crippen molar-refractivity contribution in [2.24, 2.45) is 0 Å². The molecule has 4 heterocycles. The number of anilines is 1. The zero-order valence-electron chi connectivity index (χ0n) is 22.4. The first-order chi connectivity index (χ1) is 20.8. The average molecular weight is 574 g/mol. The summed E-state index contributed by atoms with van der Waals surface area (Å²) >= 11 is 0. The number of rotatable bonds is 2. The van der Waals surface area contributed by atoms with E-state index in [0.29, 0.717) is 51.5 Å². The summed E-state index contributed by atoms with van der Waals surface area (Å²) in [6.45, 7) is 0.390. The number of nitrogens with two attached hydrogens (primary N) is 1. The number of carbonyl (C=O) groups is 1. The van der Waals surface area contributed by atoms with Gasteiger partial charge in [-0.2, -0.15) is 4.98 Å². The van der Waals surface area contributed by atoms with Gasteiger partial charge in [-0.1, -0.05) is 48.5 Å². The van der Waals surface area contributed by atoms with Crippen molar-refractivity contribution >= 4 is 23.1 Å². The Hall–Kier alpha value is -6.10. The number of hydrogen-bond donors (Lipinski definition) is 4. The molecular weight excluding hydrogens is 550 g/mol. The van der Waals surface area contributed by atoms with Crippen molar-refractivity contribution in [3.05, 3.63) is 135 Å². The summed E-state index contributed by atoms with van der Waals surface area (Å²) < 4.78 is 13.2. The summed E-state index contributed by atoms with van der Waals surface area (Å²) in [5.74, 6) is 0.589. The number of aromatic nitrogens is 4. The third kappa shape index (κ3) is 4.13. The highest BCUT2D eigenvalue weighted by molar-refractivity contribution is 5.97. The smallest absolute Gasteiger partial charge is 0.340 e. The SMILES string of the molecule is Nc1nc2[nH]cnc2c(=O)n1Cc1ccccc1.O=C1OC2(c3ccc(O)cc3Oc3cc(O)ccc32)c2ccccc21. The van der Waals surface area contributed by atoms with Gasteiger partial charge >= 0.3 is 5.97 Å². The number of phenolic OH excluding ortho intramolecular Hbond substituents is 2. The van der Waals surface area contributed by atoms with Crippen molar-refractivity contribution in [1.82, 2.24) is 19.5 Å². The van der Waals surface area contributed by atoms with Crippen LogP contribution in [-0.2, 0) is 16.9 Å². The molecule has 0 amide bonds. The van der Waals surface area contributed by atoms with Crippen molar-refractivity contribution < 1.29 is 24.5 Å². The summed E-state index contributed by atoms with van der Waals surface area (Å²) in [6, 6.07) is 26.2. The van der Waals surface area contributed by atoms with Crippen molar-refractivity contribution in [2.75, 3.05) is 5.73 Å². The van der Waals surface area contributed by atoms with Crippen LogP contribution in [0.2, 0.25) is 0 Å². The minimum atomic E-state index is -1.17. The summed E-state index contributed by atoms with van der Waals surface area (Å²) in [6.07, 6.45) is 1.44. The number of nitrogens with one attached hydrogen (secondary N) is 1. The van der Waals surface area contributed by atoms with E-state index in [-0.39, 0.29) is 23.0 Å². The van der Waals surface area contributed by atoms with Crippen LogP contribution in [0.4, 0.5) is 5.95 Å². The van der Waals surface area contributed by atoms with Gasteiger partial charge in [-0.3, -0.25) is 9.36 Å². The molecule has 11 heteroatoms. The third-order valence-corrected chi connectivity index (χ3v) is 7.43. The van der Waals surface area contributed by atoms with Gasteiger partial charge in [0, 0.05) is 28.8 Å². The van der Waals surface area contributed by atoms with Crippen molar-refractivity contribution in [1.29, 1.82) is 0 Å². The predicted octanol–water partition coefficient (Wildman–Crippen LogP) is 4.42. The number of hydrogen-bond acceptors (Lipinski definition) is 9. The lowest BCUT2D eigenvalue weighted by Crippen LogP contribution is -2.32. The fourth-order valence-electron chi connectivity index (χ4n) is 5.51. The molecule has 0 atom stereocenters. The minimum Gasteiger partial charge on any atom is -0.508 e. The highest BCUT2D eigenvalue weighted by atomic mass is 16.6. The van der Waals surface area contributed by atoms with E-state index in [1.54, 1.807) is 24.3 Å². The molecule has 0 radical (unpaired) electrons. The Morgan fingerprint density at radius 2 is 1.49 bits per heavy atom. The first-order valence-corrected chi connectivity index (χ1v) is 13.3. The zero-order chi connectivity index (χ0) is 29.7. The van der Waals surface area contributed by atoms with Crippen LogP contribution in [0.1, 0.15) is 32.6 Å². The fraction of sp³-hybridized carbons (Fsp3) is 0.0625. The van der Waals surface area contributed by atoms with Crippen LogP contribution in [0, 0.1) is 0 Å². The molecule has 0 bridgehead atoms. The van der Waals surface area contributed by atoms with Crippen LogP contribution in [0.3, 0.4) is 0 Å². The highest BCUT2D eigenvalue weighted by Gasteiger charge is 2.53. The topological polar surface area (TPSA) is 166 Å². The molecule has 6 aromatic rings. The highest BCUT2D eigenvalue weighted by Crippen LogP contribution is 2.56. The zero-order valence-corrected chi connectivity index (χ0v) is 22.4. The van der Waals surface area contributed by atoms with E-state index < -0.39 is 11.6 Å². The molecule has 8 rings (SSSR count). The molecule has 1 spiro atoms. The molecule has 0 saturated heterocycles. The van der Waals surface area contributed by atoms with Crippen molar-refractivity contribution in [3.8, 4) is 23.0 Å². The van der Waals surface area contributed by atoms with Crippen LogP contribution < -0.4 is 16.0 Å². The third-order valence-electron chi connectivity index (χ3n) is 7.43. The molecule has 2 aliphatic heterocycles. The van der Waals surface area contributed by atoms with E-state index in [4.69, 9.17) is 15.2 Å². The van der Waals surface area contributed by atoms with Gasteiger partial charge in [-0.25, -0.2) is 9.78 Å². The first-order valence-electron chi connectivity index (χ1n) is 13.3. The monoisotopic (exact) mass is 573 g/mol. The second-order valence-corrected chi connectivity index (χ2v) is 10.0. The van der Waals surface area contributed by atoms with Crippen LogP contribution in [0.25, 0.3) is 11.2 Å². The Morgan fingerprint density at radius 1 is 0.837 bits per heavy atom. The molecule has 11 nitrogen and oxygen atoms in total. The lowest BCUT2D eigenvalue weighted by molar-refractivity contribution is 0.0224. The normalized spacial score (nSPS) is 13.7. The minimum absolute atomic E-state index is 0.0371. The van der Waals surface area contributed by atoms with E-state index in [0.717, 1.165) is 5.56 Å². The Kier molecular flexibility index (Phi) is 5.87. The van der Waals surface area contributed by atoms with Gasteiger partial charge in [0.2, 0.25) is 5.95 Å². The van der Waals surface area contributed by atoms with E-state index >= 15 is 0 Å². The number of carbonyl (C=O) groups excluding carboxylic acids is 1. The van der Waals surface area contributed by atoms with Crippen molar-refractivity contribution in [3.63, 3.8) is 0 Å². The average Bonchev–Trinajstić information content (AvgIpc) is 3.59. The number of esters is 1. The molecule has 0 fully saturated rings. The van der Waals surface area contributed by atoms with Crippen LogP contribution in [-0.4, -0.2) is 35.7 Å². The number of benzene rings is 4. The molecule has 0 aliphatic carbocycles. The number of ether oxygens (including phenoxy) is 2. The number of H-pyrrole nitrogens is 1. The number of nitrogen functional groups attached to an aromatic ring is 1. The largest absolute Gasteiger partial charge is 0.508 e. The Balaban J connectivity index is 0.000000148. The predicted molar refractivity (Wildman–Crippen MR) is 156 cm³/mol. The summed E-state index contributed by atoms with van der Waals surface area (Å²) in [4.78, 5) is 35.6. The lowest BCUT2D eigenvalue weighted by atomic mass is 9.77. The number of fused-ring (bicyclic) bond motifs is 7. The maximum absolute atomic E-state index is 12.5.